The maximum atomic E-state index is 2.43. The molecule has 0 unspecified atom stereocenters. The minimum Gasteiger partial charge on any atom is -0.310 e. The molecule has 0 aliphatic rings. The Morgan fingerprint density at radius 3 is 1.20 bits per heavy atom. The predicted molar refractivity (Wildman–Crippen MR) is 221 cm³/mol. The quantitative estimate of drug-likeness (QED) is 0.118. The highest BCUT2D eigenvalue weighted by atomic mass is 28.3. The molecule has 0 radical (unpaired) electrons. The van der Waals surface area contributed by atoms with Gasteiger partial charge in [-0.2, -0.15) is 0 Å². The number of hydrogen-bond acceptors (Lipinski definition) is 2. The molecule has 0 fully saturated rings. The monoisotopic (exact) mass is 666 g/mol. The van der Waals surface area contributed by atoms with Crippen molar-refractivity contribution in [3.05, 3.63) is 158 Å². The Balaban J connectivity index is 1.36. The molecule has 0 amide bonds. The zero-order valence-corrected chi connectivity index (χ0v) is 31.1. The maximum Gasteiger partial charge on any atom is 0.0775 e. The number of hydrogen-bond donors (Lipinski definition) is 0. The number of rotatable bonds is 8. The molecule has 8 rings (SSSR count). The Labute approximate surface area is 292 Å². The van der Waals surface area contributed by atoms with Crippen molar-refractivity contribution in [2.24, 2.45) is 0 Å². The fourth-order valence-electron chi connectivity index (χ4n) is 7.29. The predicted octanol–water partition coefficient (Wildman–Crippen LogP) is 11.8. The molecule has 0 aliphatic carbocycles. The van der Waals surface area contributed by atoms with Crippen LogP contribution >= 0.6 is 0 Å². The topological polar surface area (TPSA) is 6.48 Å². The molecule has 8 aromatic rings. The summed E-state index contributed by atoms with van der Waals surface area (Å²) < 4.78 is 0. The average Bonchev–Trinajstić information content (AvgIpc) is 3.13. The van der Waals surface area contributed by atoms with Gasteiger partial charge in [-0.25, -0.2) is 0 Å². The number of para-hydroxylation sites is 2. The highest BCUT2D eigenvalue weighted by Gasteiger charge is 2.22. The van der Waals surface area contributed by atoms with E-state index in [0.29, 0.717) is 0 Å². The first-order valence-electron chi connectivity index (χ1n) is 17.4. The lowest BCUT2D eigenvalue weighted by Crippen LogP contribution is -2.37. The Morgan fingerprint density at radius 2 is 0.796 bits per heavy atom. The van der Waals surface area contributed by atoms with E-state index in [9.17, 15) is 0 Å². The van der Waals surface area contributed by atoms with E-state index in [1.165, 1.54) is 65.4 Å². The molecule has 0 atom stereocenters. The highest BCUT2D eigenvalue weighted by molar-refractivity contribution is 6.88. The van der Waals surface area contributed by atoms with Crippen LogP contribution in [0.3, 0.4) is 0 Å². The van der Waals surface area contributed by atoms with Gasteiger partial charge in [-0.15, -0.1) is 0 Å². The lowest BCUT2D eigenvalue weighted by molar-refractivity contribution is 1.30. The molecule has 4 heteroatoms. The Kier molecular flexibility index (Phi) is 7.86. The third-order valence-corrected chi connectivity index (χ3v) is 13.7. The summed E-state index contributed by atoms with van der Waals surface area (Å²) in [5.41, 5.74) is 7.04. The zero-order valence-electron chi connectivity index (χ0n) is 29.0. The van der Waals surface area contributed by atoms with Crippen molar-refractivity contribution in [1.82, 2.24) is 0 Å². The van der Waals surface area contributed by atoms with E-state index in [1.54, 1.807) is 0 Å². The second kappa shape index (κ2) is 12.4. The summed E-state index contributed by atoms with van der Waals surface area (Å²) in [4.78, 5) is 4.85. The fraction of sp³-hybridized carbons (Fsp3) is 0.111. The molecule has 240 valence electrons. The smallest absolute Gasteiger partial charge is 0.0775 e. The van der Waals surface area contributed by atoms with Crippen molar-refractivity contribution in [1.29, 1.82) is 0 Å². The molecule has 0 saturated carbocycles. The summed E-state index contributed by atoms with van der Waals surface area (Å²) >= 11 is 0. The van der Waals surface area contributed by atoms with Crippen LogP contribution in [0.2, 0.25) is 32.7 Å². The number of anilines is 6. The minimum absolute atomic E-state index is 0.900. The molecular formula is C45H42N2Si2. The molecule has 0 saturated heterocycles. The molecule has 0 spiro atoms. The van der Waals surface area contributed by atoms with Gasteiger partial charge in [-0.05, 0) is 82.2 Å². The van der Waals surface area contributed by atoms with Crippen LogP contribution in [0.1, 0.15) is 0 Å². The first-order valence-corrected chi connectivity index (χ1v) is 23.8. The molecule has 49 heavy (non-hydrogen) atoms. The standard InChI is InChI=1S/C45H42N2Si2/c1-48(2)38-24-20-36(21-25-38)46(34-12-8-6-9-13-34)42-30-18-32-17-29-41-43(31-19-33-16-28-40(42)44(32)45(33)41)47(35-14-10-7-11-15-35)37-22-26-39(27-23-37)49(3,4)5/h6-31,48H,1-5H3. The second-order valence-corrected chi connectivity index (χ2v) is 22.5. The van der Waals surface area contributed by atoms with Crippen molar-refractivity contribution in [3.8, 4) is 0 Å². The van der Waals surface area contributed by atoms with E-state index < -0.39 is 16.9 Å². The van der Waals surface area contributed by atoms with Crippen LogP contribution in [-0.2, 0) is 0 Å². The van der Waals surface area contributed by atoms with E-state index in [2.05, 4.69) is 200 Å². The van der Waals surface area contributed by atoms with Crippen LogP contribution in [0.4, 0.5) is 34.1 Å². The Hall–Kier alpha value is -5.17. The van der Waals surface area contributed by atoms with Crippen molar-refractivity contribution in [3.63, 3.8) is 0 Å². The normalized spacial score (nSPS) is 12.0. The Morgan fingerprint density at radius 1 is 0.408 bits per heavy atom. The average molecular weight is 667 g/mol. The van der Waals surface area contributed by atoms with Crippen LogP contribution in [0.15, 0.2) is 158 Å². The van der Waals surface area contributed by atoms with Crippen molar-refractivity contribution in [2.45, 2.75) is 32.7 Å². The minimum atomic E-state index is -1.43. The number of nitrogens with zero attached hydrogens (tertiary/aromatic N) is 2. The molecule has 0 N–H and O–H groups in total. The van der Waals surface area contributed by atoms with Gasteiger partial charge in [0.1, 0.15) is 0 Å². The van der Waals surface area contributed by atoms with Gasteiger partial charge < -0.3 is 9.80 Å². The van der Waals surface area contributed by atoms with Crippen LogP contribution in [0.25, 0.3) is 32.3 Å². The van der Waals surface area contributed by atoms with Crippen LogP contribution in [-0.4, -0.2) is 16.9 Å². The van der Waals surface area contributed by atoms with Crippen molar-refractivity contribution in [2.75, 3.05) is 9.80 Å². The first-order chi connectivity index (χ1) is 23.8. The molecule has 0 heterocycles. The lowest BCUT2D eigenvalue weighted by atomic mass is 9.91. The van der Waals surface area contributed by atoms with Gasteiger partial charge >= 0.3 is 0 Å². The van der Waals surface area contributed by atoms with Crippen molar-refractivity contribution < 1.29 is 0 Å². The second-order valence-electron chi connectivity index (χ2n) is 14.5. The van der Waals surface area contributed by atoms with E-state index in [4.69, 9.17) is 0 Å². The SMILES string of the molecule is C[SiH](C)c1ccc(N(c2ccccc2)c2ccc3ccc4c(N(c5ccccc5)c5ccc([Si](C)(C)C)cc5)ccc5ccc2c3c54)cc1. The summed E-state index contributed by atoms with van der Waals surface area (Å²) in [6.45, 7) is 12.0. The molecule has 2 nitrogen and oxygen atoms in total. The number of benzene rings is 8. The van der Waals surface area contributed by atoms with Crippen LogP contribution in [0.5, 0.6) is 0 Å². The zero-order chi connectivity index (χ0) is 33.7. The lowest BCUT2D eigenvalue weighted by Gasteiger charge is -2.29. The van der Waals surface area contributed by atoms with Gasteiger partial charge in [0.05, 0.1) is 28.2 Å². The van der Waals surface area contributed by atoms with Gasteiger partial charge in [-0.1, -0.05) is 140 Å². The molecule has 8 aromatic carbocycles. The van der Waals surface area contributed by atoms with E-state index >= 15 is 0 Å². The van der Waals surface area contributed by atoms with Gasteiger partial charge in [0.25, 0.3) is 0 Å². The fourth-order valence-corrected chi connectivity index (χ4v) is 9.42. The summed E-state index contributed by atoms with van der Waals surface area (Å²) in [6.07, 6.45) is 0. The summed E-state index contributed by atoms with van der Waals surface area (Å²) in [5.74, 6) is 0. The third-order valence-electron chi connectivity index (χ3n) is 9.94. The molecular weight excluding hydrogens is 625 g/mol. The maximum absolute atomic E-state index is 2.43. The largest absolute Gasteiger partial charge is 0.310 e. The molecule has 0 aliphatic heterocycles. The third kappa shape index (κ3) is 5.61. The van der Waals surface area contributed by atoms with Gasteiger partial charge in [0.2, 0.25) is 0 Å². The first kappa shape index (κ1) is 31.1. The summed E-state index contributed by atoms with van der Waals surface area (Å²) in [6, 6.07) is 58.6. The van der Waals surface area contributed by atoms with Gasteiger partial charge in [-0.3, -0.25) is 0 Å². The highest BCUT2D eigenvalue weighted by Crippen LogP contribution is 2.47. The Bertz CT molecular complexity index is 2380. The van der Waals surface area contributed by atoms with E-state index in [-0.39, 0.29) is 0 Å². The van der Waals surface area contributed by atoms with Crippen LogP contribution < -0.4 is 20.2 Å². The van der Waals surface area contributed by atoms with E-state index in [1.807, 2.05) is 0 Å². The van der Waals surface area contributed by atoms with E-state index in [0.717, 1.165) is 11.4 Å². The molecule has 0 aromatic heterocycles. The summed E-state index contributed by atoms with van der Waals surface area (Å²) in [5, 5.41) is 10.6. The van der Waals surface area contributed by atoms with Crippen molar-refractivity contribution >= 4 is 93.7 Å². The molecule has 0 bridgehead atoms. The van der Waals surface area contributed by atoms with Crippen LogP contribution in [0, 0.1) is 0 Å². The van der Waals surface area contributed by atoms with Gasteiger partial charge in [0, 0.05) is 33.5 Å². The van der Waals surface area contributed by atoms with Gasteiger partial charge in [0.15, 0.2) is 0 Å². The summed E-state index contributed by atoms with van der Waals surface area (Å²) in [7, 11) is -2.33.